The number of carbonyl (C=O) groups is 1. The number of thiophene rings is 1. The second kappa shape index (κ2) is 5.80. The molecule has 1 heterocycles. The zero-order valence-electron chi connectivity index (χ0n) is 10.2. The Morgan fingerprint density at radius 3 is 2.61 bits per heavy atom. The van der Waals surface area contributed by atoms with Crippen molar-refractivity contribution in [1.82, 2.24) is 5.32 Å². The molecule has 0 unspecified atom stereocenters. The third kappa shape index (κ3) is 2.97. The maximum Gasteiger partial charge on any atom is 0.239 e. The quantitative estimate of drug-likeness (QED) is 0.867. The van der Waals surface area contributed by atoms with Gasteiger partial charge in [0, 0.05) is 11.4 Å². The third-order valence-electron chi connectivity index (χ3n) is 2.85. The molecular weight excluding hydrogens is 244 g/mol. The number of hydrogen-bond donors (Lipinski definition) is 2. The van der Waals surface area contributed by atoms with Crippen molar-refractivity contribution in [3.05, 3.63) is 57.8 Å². The van der Waals surface area contributed by atoms with Crippen LogP contribution in [0.15, 0.2) is 41.8 Å². The standard InChI is InChI=1S/C14H16N2OS/c1-10-7-8-18-12(10)9-16-13(14(15)17)11-5-3-2-4-6-11/h2-8,13,16H,9H2,1H3,(H2,15,17)/t13-/m1/s1. The number of amides is 1. The molecule has 0 saturated carbocycles. The van der Waals surface area contributed by atoms with E-state index in [9.17, 15) is 4.79 Å². The van der Waals surface area contributed by atoms with Gasteiger partial charge in [0.1, 0.15) is 6.04 Å². The summed E-state index contributed by atoms with van der Waals surface area (Å²) in [7, 11) is 0. The highest BCUT2D eigenvalue weighted by Gasteiger charge is 2.17. The average molecular weight is 260 g/mol. The molecule has 0 aliphatic rings. The normalized spacial score (nSPS) is 12.3. The van der Waals surface area contributed by atoms with Gasteiger partial charge in [-0.25, -0.2) is 0 Å². The molecular formula is C14H16N2OS. The van der Waals surface area contributed by atoms with Crippen LogP contribution in [0, 0.1) is 6.92 Å². The fraction of sp³-hybridized carbons (Fsp3) is 0.214. The zero-order chi connectivity index (χ0) is 13.0. The van der Waals surface area contributed by atoms with Gasteiger partial charge in [0.2, 0.25) is 5.91 Å². The van der Waals surface area contributed by atoms with Crippen molar-refractivity contribution in [2.75, 3.05) is 0 Å². The molecule has 3 N–H and O–H groups in total. The summed E-state index contributed by atoms with van der Waals surface area (Å²) in [6, 6.07) is 11.2. The highest BCUT2D eigenvalue weighted by Crippen LogP contribution is 2.18. The molecule has 0 saturated heterocycles. The van der Waals surface area contributed by atoms with Gasteiger partial charge < -0.3 is 5.73 Å². The smallest absolute Gasteiger partial charge is 0.239 e. The summed E-state index contributed by atoms with van der Waals surface area (Å²) in [5.74, 6) is -0.351. The first-order chi connectivity index (χ1) is 8.68. The summed E-state index contributed by atoms with van der Waals surface area (Å²) in [4.78, 5) is 12.7. The molecule has 1 aromatic carbocycles. The van der Waals surface area contributed by atoms with Crippen molar-refractivity contribution < 1.29 is 4.79 Å². The van der Waals surface area contributed by atoms with E-state index in [1.807, 2.05) is 35.7 Å². The largest absolute Gasteiger partial charge is 0.368 e. The molecule has 0 fully saturated rings. The summed E-state index contributed by atoms with van der Waals surface area (Å²) < 4.78 is 0. The molecule has 1 atom stereocenters. The first-order valence-electron chi connectivity index (χ1n) is 5.79. The van der Waals surface area contributed by atoms with Crippen LogP contribution in [0.4, 0.5) is 0 Å². The van der Waals surface area contributed by atoms with Gasteiger partial charge in [0.15, 0.2) is 0 Å². The molecule has 0 aliphatic heterocycles. The lowest BCUT2D eigenvalue weighted by Crippen LogP contribution is -2.33. The highest BCUT2D eigenvalue weighted by molar-refractivity contribution is 7.10. The van der Waals surface area contributed by atoms with E-state index in [0.717, 1.165) is 5.56 Å². The van der Waals surface area contributed by atoms with E-state index in [0.29, 0.717) is 6.54 Å². The van der Waals surface area contributed by atoms with Crippen LogP contribution in [0.3, 0.4) is 0 Å². The Kier molecular flexibility index (Phi) is 4.12. The number of hydrogen-bond acceptors (Lipinski definition) is 3. The van der Waals surface area contributed by atoms with Crippen molar-refractivity contribution in [2.45, 2.75) is 19.5 Å². The van der Waals surface area contributed by atoms with Crippen LogP contribution in [0.2, 0.25) is 0 Å². The molecule has 0 radical (unpaired) electrons. The molecule has 4 heteroatoms. The molecule has 3 nitrogen and oxygen atoms in total. The summed E-state index contributed by atoms with van der Waals surface area (Å²) in [6.45, 7) is 2.72. The van der Waals surface area contributed by atoms with Crippen LogP contribution in [0.1, 0.15) is 22.0 Å². The lowest BCUT2D eigenvalue weighted by Gasteiger charge is -2.15. The first-order valence-corrected chi connectivity index (χ1v) is 6.67. The number of aryl methyl sites for hydroxylation is 1. The van der Waals surface area contributed by atoms with Crippen LogP contribution in [-0.2, 0) is 11.3 Å². The van der Waals surface area contributed by atoms with Crippen LogP contribution < -0.4 is 11.1 Å². The van der Waals surface area contributed by atoms with Crippen LogP contribution in [0.5, 0.6) is 0 Å². The van der Waals surface area contributed by atoms with E-state index in [2.05, 4.69) is 18.3 Å². The summed E-state index contributed by atoms with van der Waals surface area (Å²) in [6.07, 6.45) is 0. The number of nitrogens with one attached hydrogen (secondary N) is 1. The van der Waals surface area contributed by atoms with E-state index in [-0.39, 0.29) is 5.91 Å². The number of rotatable bonds is 5. The molecule has 0 spiro atoms. The molecule has 1 amide bonds. The Labute approximate surface area is 111 Å². The Morgan fingerprint density at radius 2 is 2.06 bits per heavy atom. The predicted molar refractivity (Wildman–Crippen MR) is 74.3 cm³/mol. The number of primary amides is 1. The lowest BCUT2D eigenvalue weighted by atomic mass is 10.1. The molecule has 2 rings (SSSR count). The van der Waals surface area contributed by atoms with Gasteiger partial charge in [-0.3, -0.25) is 10.1 Å². The van der Waals surface area contributed by atoms with Gasteiger partial charge >= 0.3 is 0 Å². The second-order valence-corrected chi connectivity index (χ2v) is 5.15. The van der Waals surface area contributed by atoms with Gasteiger partial charge in [0.25, 0.3) is 0 Å². The Hall–Kier alpha value is -1.65. The minimum absolute atomic E-state index is 0.351. The second-order valence-electron chi connectivity index (χ2n) is 4.15. The third-order valence-corrected chi connectivity index (χ3v) is 3.88. The van der Waals surface area contributed by atoms with Crippen LogP contribution in [0.25, 0.3) is 0 Å². The fourth-order valence-corrected chi connectivity index (χ4v) is 2.67. The molecule has 0 aliphatic carbocycles. The highest BCUT2D eigenvalue weighted by atomic mass is 32.1. The van der Waals surface area contributed by atoms with E-state index in [1.54, 1.807) is 11.3 Å². The Bertz CT molecular complexity index is 522. The van der Waals surface area contributed by atoms with E-state index in [4.69, 9.17) is 5.73 Å². The molecule has 1 aromatic heterocycles. The zero-order valence-corrected chi connectivity index (χ0v) is 11.0. The van der Waals surface area contributed by atoms with Crippen LogP contribution in [-0.4, -0.2) is 5.91 Å². The van der Waals surface area contributed by atoms with E-state index in [1.165, 1.54) is 10.4 Å². The monoisotopic (exact) mass is 260 g/mol. The van der Waals surface area contributed by atoms with Crippen molar-refractivity contribution >= 4 is 17.2 Å². The van der Waals surface area contributed by atoms with Crippen molar-refractivity contribution in [2.24, 2.45) is 5.73 Å². The van der Waals surface area contributed by atoms with E-state index < -0.39 is 6.04 Å². The number of carbonyl (C=O) groups excluding carboxylic acids is 1. The molecule has 94 valence electrons. The molecule has 2 aromatic rings. The maximum atomic E-state index is 11.5. The van der Waals surface area contributed by atoms with E-state index >= 15 is 0 Å². The van der Waals surface area contributed by atoms with Gasteiger partial charge in [-0.15, -0.1) is 11.3 Å². The minimum Gasteiger partial charge on any atom is -0.368 e. The SMILES string of the molecule is Cc1ccsc1CN[C@@H](C(N)=O)c1ccccc1. The first kappa shape index (κ1) is 12.8. The summed E-state index contributed by atoms with van der Waals surface area (Å²) in [5.41, 5.74) is 7.59. The predicted octanol–water partition coefficient (Wildman–Crippen LogP) is 2.37. The van der Waals surface area contributed by atoms with Gasteiger partial charge in [-0.1, -0.05) is 30.3 Å². The number of benzene rings is 1. The Morgan fingerprint density at radius 1 is 1.33 bits per heavy atom. The molecule has 0 bridgehead atoms. The van der Waals surface area contributed by atoms with Gasteiger partial charge in [-0.05, 0) is 29.5 Å². The fourth-order valence-electron chi connectivity index (χ4n) is 1.81. The lowest BCUT2D eigenvalue weighted by molar-refractivity contribution is -0.120. The average Bonchev–Trinajstić information content (AvgIpc) is 2.76. The minimum atomic E-state index is -0.437. The van der Waals surface area contributed by atoms with Crippen LogP contribution >= 0.6 is 11.3 Å². The topological polar surface area (TPSA) is 55.1 Å². The van der Waals surface area contributed by atoms with Gasteiger partial charge in [-0.2, -0.15) is 0 Å². The molecule has 18 heavy (non-hydrogen) atoms. The van der Waals surface area contributed by atoms with Crippen molar-refractivity contribution in [3.63, 3.8) is 0 Å². The van der Waals surface area contributed by atoms with Crippen molar-refractivity contribution in [1.29, 1.82) is 0 Å². The number of nitrogens with two attached hydrogens (primary N) is 1. The van der Waals surface area contributed by atoms with Crippen molar-refractivity contribution in [3.8, 4) is 0 Å². The van der Waals surface area contributed by atoms with Gasteiger partial charge in [0.05, 0.1) is 0 Å². The summed E-state index contributed by atoms with van der Waals surface area (Å²) >= 11 is 1.68. The maximum absolute atomic E-state index is 11.5. The Balaban J connectivity index is 2.09. The summed E-state index contributed by atoms with van der Waals surface area (Å²) in [5, 5.41) is 5.26.